The molecule has 0 fully saturated rings. The molecule has 3 N–H and O–H groups in total. The molecule has 37 heavy (non-hydrogen) atoms. The predicted molar refractivity (Wildman–Crippen MR) is 143 cm³/mol. The number of benzene rings is 1. The number of anilines is 1. The number of aliphatic hydroxyl groups is 1. The van der Waals surface area contributed by atoms with Crippen molar-refractivity contribution in [2.75, 3.05) is 38.7 Å². The van der Waals surface area contributed by atoms with Crippen molar-refractivity contribution in [1.29, 1.82) is 0 Å². The van der Waals surface area contributed by atoms with Gasteiger partial charge < -0.3 is 30.1 Å². The maximum absolute atomic E-state index is 14.0. The number of pyridine rings is 1. The lowest BCUT2D eigenvalue weighted by atomic mass is 10.0. The average Bonchev–Trinajstić information content (AvgIpc) is 2.90. The highest BCUT2D eigenvalue weighted by Crippen LogP contribution is 2.28. The van der Waals surface area contributed by atoms with Gasteiger partial charge in [0.05, 0.1) is 30.4 Å². The van der Waals surface area contributed by atoms with Crippen LogP contribution in [-0.2, 0) is 4.74 Å². The van der Waals surface area contributed by atoms with Crippen LogP contribution in [0.25, 0.3) is 0 Å². The van der Waals surface area contributed by atoms with Crippen molar-refractivity contribution in [3.8, 4) is 5.75 Å². The molecule has 0 bridgehead atoms. The van der Waals surface area contributed by atoms with Gasteiger partial charge in [-0.2, -0.15) is 0 Å². The van der Waals surface area contributed by atoms with E-state index in [0.29, 0.717) is 42.3 Å². The number of rotatable bonds is 6. The molecule has 0 unspecified atom stereocenters. The summed E-state index contributed by atoms with van der Waals surface area (Å²) in [6.45, 7) is 7.39. The van der Waals surface area contributed by atoms with Crippen molar-refractivity contribution in [1.82, 2.24) is 15.2 Å². The van der Waals surface area contributed by atoms with E-state index in [1.807, 2.05) is 20.9 Å². The number of ether oxygens (including phenoxy) is 2. The first-order valence-corrected chi connectivity index (χ1v) is 13.0. The molecular weight excluding hydrogens is 472 g/mol. The number of aromatic nitrogens is 1. The molecule has 0 radical (unpaired) electrons. The van der Waals surface area contributed by atoms with E-state index in [4.69, 9.17) is 9.47 Å². The minimum atomic E-state index is -0.418. The normalized spacial score (nSPS) is 22.4. The molecule has 2 aromatic rings. The molecule has 0 spiro atoms. The molecule has 2 amide bonds. The van der Waals surface area contributed by atoms with Gasteiger partial charge in [-0.05, 0) is 70.5 Å². The summed E-state index contributed by atoms with van der Waals surface area (Å²) in [4.78, 5) is 32.3. The van der Waals surface area contributed by atoms with Gasteiger partial charge in [0.2, 0.25) is 0 Å². The summed E-state index contributed by atoms with van der Waals surface area (Å²) in [5, 5.41) is 16.0. The van der Waals surface area contributed by atoms with E-state index in [1.54, 1.807) is 47.6 Å². The number of carbonyl (C=O) groups is 2. The average molecular weight is 513 g/mol. The molecule has 202 valence electrons. The first-order chi connectivity index (χ1) is 17.8. The summed E-state index contributed by atoms with van der Waals surface area (Å²) in [5.41, 5.74) is 1.29. The van der Waals surface area contributed by atoms with Gasteiger partial charge in [0.25, 0.3) is 11.8 Å². The van der Waals surface area contributed by atoms with E-state index < -0.39 is 6.04 Å². The SMILES string of the molecule is CNC[C@@H]1OCCCC[C@@H](C)Oc2ccc(NC(=O)c3ccncc3)cc2C(=O)N([C@H](C)CO)C[C@@H]1C. The minimum absolute atomic E-state index is 0.0196. The maximum Gasteiger partial charge on any atom is 0.258 e. The third-order valence-electron chi connectivity index (χ3n) is 6.66. The van der Waals surface area contributed by atoms with Crippen molar-refractivity contribution in [3.05, 3.63) is 53.9 Å². The molecule has 1 aromatic heterocycles. The summed E-state index contributed by atoms with van der Waals surface area (Å²) in [7, 11) is 1.89. The summed E-state index contributed by atoms with van der Waals surface area (Å²) >= 11 is 0. The number of likely N-dealkylation sites (N-methyl/N-ethyl adjacent to an activating group) is 1. The summed E-state index contributed by atoms with van der Waals surface area (Å²) in [5.74, 6) is -0.0874. The molecule has 4 atom stereocenters. The highest BCUT2D eigenvalue weighted by molar-refractivity contribution is 6.05. The fourth-order valence-corrected chi connectivity index (χ4v) is 4.40. The molecule has 0 saturated heterocycles. The second kappa shape index (κ2) is 14.1. The van der Waals surface area contributed by atoms with Gasteiger partial charge in [0.15, 0.2) is 0 Å². The maximum atomic E-state index is 14.0. The van der Waals surface area contributed by atoms with E-state index >= 15 is 0 Å². The molecule has 9 nitrogen and oxygen atoms in total. The third-order valence-corrected chi connectivity index (χ3v) is 6.66. The van der Waals surface area contributed by atoms with E-state index in [0.717, 1.165) is 19.3 Å². The molecule has 9 heteroatoms. The van der Waals surface area contributed by atoms with Crippen molar-refractivity contribution < 1.29 is 24.2 Å². The van der Waals surface area contributed by atoms with Gasteiger partial charge in [0.1, 0.15) is 5.75 Å². The summed E-state index contributed by atoms with van der Waals surface area (Å²) in [6.07, 6.45) is 5.60. The fourth-order valence-electron chi connectivity index (χ4n) is 4.40. The number of fused-ring (bicyclic) bond motifs is 1. The second-order valence-corrected chi connectivity index (χ2v) is 9.76. The zero-order chi connectivity index (χ0) is 26.8. The van der Waals surface area contributed by atoms with E-state index in [-0.39, 0.29) is 36.5 Å². The number of nitrogens with zero attached hydrogens (tertiary/aromatic N) is 2. The molecule has 2 heterocycles. The lowest BCUT2D eigenvalue weighted by Crippen LogP contribution is -2.47. The molecule has 3 rings (SSSR count). The third kappa shape index (κ3) is 7.99. The fraction of sp³-hybridized carbons (Fsp3) is 0.536. The smallest absolute Gasteiger partial charge is 0.258 e. The second-order valence-electron chi connectivity index (χ2n) is 9.76. The van der Waals surface area contributed by atoms with Crippen LogP contribution in [-0.4, -0.2) is 78.4 Å². The summed E-state index contributed by atoms with van der Waals surface area (Å²) < 4.78 is 12.4. The number of aliphatic hydroxyl groups excluding tert-OH is 1. The lowest BCUT2D eigenvalue weighted by Gasteiger charge is -2.34. The lowest BCUT2D eigenvalue weighted by molar-refractivity contribution is -0.000452. The van der Waals surface area contributed by atoms with Crippen LogP contribution in [0.4, 0.5) is 5.69 Å². The van der Waals surface area contributed by atoms with Gasteiger partial charge in [-0.3, -0.25) is 14.6 Å². The Morgan fingerprint density at radius 3 is 2.68 bits per heavy atom. The highest BCUT2D eigenvalue weighted by atomic mass is 16.5. The molecule has 1 aromatic carbocycles. The molecule has 0 saturated carbocycles. The van der Waals surface area contributed by atoms with Crippen LogP contribution in [0.15, 0.2) is 42.7 Å². The van der Waals surface area contributed by atoms with Crippen molar-refractivity contribution in [2.45, 2.75) is 58.3 Å². The largest absolute Gasteiger partial charge is 0.490 e. The highest BCUT2D eigenvalue weighted by Gasteiger charge is 2.29. The van der Waals surface area contributed by atoms with E-state index in [1.165, 1.54) is 0 Å². The Hall–Kier alpha value is -3.01. The van der Waals surface area contributed by atoms with Gasteiger partial charge >= 0.3 is 0 Å². The van der Waals surface area contributed by atoms with Crippen LogP contribution in [0.5, 0.6) is 5.75 Å². The monoisotopic (exact) mass is 512 g/mol. The quantitative estimate of drug-likeness (QED) is 0.544. The predicted octanol–water partition coefficient (Wildman–Crippen LogP) is 3.35. The number of hydrogen-bond donors (Lipinski definition) is 3. The standard InChI is InChI=1S/C28H40N4O5/c1-19-17-32(20(2)18-33)28(35)24-15-23(31-27(34)22-10-12-30-13-11-22)8-9-25(24)37-21(3)7-5-6-14-36-26(19)16-29-4/h8-13,15,19-21,26,29,33H,5-7,14,16-18H2,1-4H3,(H,31,34)/t19-,20+,21+,26-/m0/s1. The summed E-state index contributed by atoms with van der Waals surface area (Å²) in [6, 6.07) is 7.95. The van der Waals surface area contributed by atoms with Crippen LogP contribution in [0.3, 0.4) is 0 Å². The molecule has 1 aliphatic rings. The Bertz CT molecular complexity index is 1020. The number of hydrogen-bond acceptors (Lipinski definition) is 7. The van der Waals surface area contributed by atoms with Crippen LogP contribution in [0.2, 0.25) is 0 Å². The Morgan fingerprint density at radius 2 is 1.97 bits per heavy atom. The van der Waals surface area contributed by atoms with E-state index in [9.17, 15) is 14.7 Å². The van der Waals surface area contributed by atoms with Crippen LogP contribution >= 0.6 is 0 Å². The van der Waals surface area contributed by atoms with Gasteiger partial charge in [-0.15, -0.1) is 0 Å². The topological polar surface area (TPSA) is 113 Å². The molecule has 1 aliphatic heterocycles. The van der Waals surface area contributed by atoms with Crippen LogP contribution in [0.1, 0.15) is 60.7 Å². The van der Waals surface area contributed by atoms with Gasteiger partial charge in [-0.25, -0.2) is 0 Å². The Balaban J connectivity index is 1.97. The number of amides is 2. The zero-order valence-electron chi connectivity index (χ0n) is 22.3. The minimum Gasteiger partial charge on any atom is -0.490 e. The number of nitrogens with one attached hydrogen (secondary N) is 2. The molecular formula is C28H40N4O5. The Morgan fingerprint density at radius 1 is 1.22 bits per heavy atom. The van der Waals surface area contributed by atoms with E-state index in [2.05, 4.69) is 22.5 Å². The van der Waals surface area contributed by atoms with Gasteiger partial charge in [0, 0.05) is 49.3 Å². The van der Waals surface area contributed by atoms with Gasteiger partial charge in [-0.1, -0.05) is 6.92 Å². The number of carbonyl (C=O) groups excluding carboxylic acids is 2. The first kappa shape index (κ1) is 28.6. The van der Waals surface area contributed by atoms with Crippen LogP contribution < -0.4 is 15.4 Å². The molecule has 0 aliphatic carbocycles. The van der Waals surface area contributed by atoms with Crippen molar-refractivity contribution in [2.24, 2.45) is 5.92 Å². The van der Waals surface area contributed by atoms with Crippen molar-refractivity contribution in [3.63, 3.8) is 0 Å². The Labute approximate surface area is 219 Å². The Kier molecular flexibility index (Phi) is 10.9. The zero-order valence-corrected chi connectivity index (χ0v) is 22.3. The van der Waals surface area contributed by atoms with Crippen molar-refractivity contribution >= 4 is 17.5 Å². The van der Waals surface area contributed by atoms with Crippen LogP contribution in [0, 0.1) is 5.92 Å². The first-order valence-electron chi connectivity index (χ1n) is 13.0.